The van der Waals surface area contributed by atoms with Crippen molar-refractivity contribution in [1.29, 1.82) is 0 Å². The van der Waals surface area contributed by atoms with Crippen LogP contribution in [0.5, 0.6) is 17.2 Å². The fourth-order valence-electron chi connectivity index (χ4n) is 3.54. The third kappa shape index (κ3) is 6.54. The quantitative estimate of drug-likeness (QED) is 0.115. The van der Waals surface area contributed by atoms with Crippen LogP contribution < -0.4 is 19.6 Å². The van der Waals surface area contributed by atoms with E-state index in [9.17, 15) is 9.59 Å². The maximum atomic E-state index is 12.7. The summed E-state index contributed by atoms with van der Waals surface area (Å²) in [5, 5.41) is 6.12. The number of rotatable bonds is 9. The SMILES string of the molecule is CC[C@@H](Oc1ccc2ccccc2c1Br)C(=O)N/N=C\c1ccc(OC(=O)c2ccc(OC)cc2)cc1. The second-order valence-corrected chi connectivity index (χ2v) is 8.83. The van der Waals surface area contributed by atoms with E-state index in [4.69, 9.17) is 14.2 Å². The number of esters is 1. The minimum absolute atomic E-state index is 0.358. The Morgan fingerprint density at radius 1 is 0.946 bits per heavy atom. The molecule has 1 N–H and O–H groups in total. The van der Waals surface area contributed by atoms with Gasteiger partial charge in [-0.25, -0.2) is 10.2 Å². The Balaban J connectivity index is 1.32. The van der Waals surface area contributed by atoms with Crippen LogP contribution in [0.2, 0.25) is 0 Å². The van der Waals surface area contributed by atoms with Gasteiger partial charge in [-0.1, -0.05) is 37.3 Å². The maximum absolute atomic E-state index is 12.7. The van der Waals surface area contributed by atoms with E-state index in [1.54, 1.807) is 55.6 Å². The molecule has 1 amide bonds. The van der Waals surface area contributed by atoms with Gasteiger partial charge in [-0.05, 0) is 93.3 Å². The lowest BCUT2D eigenvalue weighted by atomic mass is 10.1. The number of carbonyl (C=O) groups is 2. The predicted molar refractivity (Wildman–Crippen MR) is 146 cm³/mol. The van der Waals surface area contributed by atoms with Crippen LogP contribution in [0.1, 0.15) is 29.3 Å². The standard InChI is InChI=1S/C29H25BrN2O5/c1-3-25(37-26-17-12-20-6-4-5-7-24(20)27(26)30)28(33)32-31-18-19-8-13-23(14-9-19)36-29(34)21-10-15-22(35-2)16-11-21/h4-18,25H,3H2,1-2H3,(H,32,33)/b31-18-/t25-/m1/s1. The Hall–Kier alpha value is -4.17. The summed E-state index contributed by atoms with van der Waals surface area (Å²) in [6.45, 7) is 1.87. The van der Waals surface area contributed by atoms with E-state index in [1.165, 1.54) is 6.21 Å². The van der Waals surface area contributed by atoms with Crippen molar-refractivity contribution in [2.45, 2.75) is 19.4 Å². The number of methoxy groups -OCH3 is 1. The lowest BCUT2D eigenvalue weighted by Gasteiger charge is -2.17. The second-order valence-electron chi connectivity index (χ2n) is 8.03. The van der Waals surface area contributed by atoms with Crippen molar-refractivity contribution in [1.82, 2.24) is 5.43 Å². The van der Waals surface area contributed by atoms with Crippen LogP contribution >= 0.6 is 15.9 Å². The van der Waals surface area contributed by atoms with Gasteiger partial charge < -0.3 is 14.2 Å². The molecule has 7 nitrogen and oxygen atoms in total. The largest absolute Gasteiger partial charge is 0.497 e. The van der Waals surface area contributed by atoms with Crippen LogP contribution in [0.25, 0.3) is 10.8 Å². The van der Waals surface area contributed by atoms with Crippen molar-refractivity contribution in [2.24, 2.45) is 5.10 Å². The smallest absolute Gasteiger partial charge is 0.343 e. The van der Waals surface area contributed by atoms with Crippen LogP contribution in [0.15, 0.2) is 94.5 Å². The van der Waals surface area contributed by atoms with Crippen molar-refractivity contribution >= 4 is 44.8 Å². The summed E-state index contributed by atoms with van der Waals surface area (Å²) in [6, 6.07) is 25.1. The average Bonchev–Trinajstić information content (AvgIpc) is 2.93. The molecule has 0 spiro atoms. The van der Waals surface area contributed by atoms with Gasteiger partial charge in [0.1, 0.15) is 17.2 Å². The fraction of sp³-hybridized carbons (Fsp3) is 0.138. The number of hydrogen-bond acceptors (Lipinski definition) is 6. The highest BCUT2D eigenvalue weighted by atomic mass is 79.9. The highest BCUT2D eigenvalue weighted by Crippen LogP contribution is 2.33. The van der Waals surface area contributed by atoms with Crippen molar-refractivity contribution in [3.05, 3.63) is 101 Å². The second kappa shape index (κ2) is 12.2. The van der Waals surface area contributed by atoms with Crippen molar-refractivity contribution < 1.29 is 23.8 Å². The summed E-state index contributed by atoms with van der Waals surface area (Å²) >= 11 is 3.59. The Labute approximate surface area is 223 Å². The third-order valence-electron chi connectivity index (χ3n) is 5.57. The molecule has 4 aromatic carbocycles. The molecule has 4 aromatic rings. The molecule has 0 unspecified atom stereocenters. The van der Waals surface area contributed by atoms with Gasteiger partial charge in [-0.15, -0.1) is 0 Å². The number of ether oxygens (including phenoxy) is 3. The molecular weight excluding hydrogens is 536 g/mol. The molecule has 0 fully saturated rings. The predicted octanol–water partition coefficient (Wildman–Crippen LogP) is 6.14. The summed E-state index contributed by atoms with van der Waals surface area (Å²) in [4.78, 5) is 25.0. The number of nitrogens with zero attached hydrogens (tertiary/aromatic N) is 1. The van der Waals surface area contributed by atoms with Gasteiger partial charge >= 0.3 is 5.97 Å². The van der Waals surface area contributed by atoms with E-state index >= 15 is 0 Å². The van der Waals surface area contributed by atoms with Gasteiger partial charge in [0.05, 0.1) is 23.4 Å². The number of halogens is 1. The van der Waals surface area contributed by atoms with Crippen LogP contribution in [0.3, 0.4) is 0 Å². The molecule has 0 heterocycles. The summed E-state index contributed by atoms with van der Waals surface area (Å²) in [7, 11) is 1.56. The van der Waals surface area contributed by atoms with Gasteiger partial charge in [-0.3, -0.25) is 4.79 Å². The van der Waals surface area contributed by atoms with E-state index in [2.05, 4.69) is 26.5 Å². The highest BCUT2D eigenvalue weighted by molar-refractivity contribution is 9.10. The lowest BCUT2D eigenvalue weighted by Crippen LogP contribution is -2.35. The molecule has 0 aliphatic heterocycles. The Bertz CT molecular complexity index is 1420. The molecule has 0 aliphatic rings. The van der Waals surface area contributed by atoms with E-state index < -0.39 is 12.1 Å². The van der Waals surface area contributed by atoms with E-state index in [1.807, 2.05) is 43.3 Å². The van der Waals surface area contributed by atoms with Crippen LogP contribution in [0.4, 0.5) is 0 Å². The number of fused-ring (bicyclic) bond motifs is 1. The number of amides is 1. The molecule has 0 aliphatic carbocycles. The van der Waals surface area contributed by atoms with Crippen molar-refractivity contribution in [3.8, 4) is 17.2 Å². The molecule has 0 aromatic heterocycles. The van der Waals surface area contributed by atoms with Gasteiger partial charge in [0.25, 0.3) is 5.91 Å². The first kappa shape index (κ1) is 25.9. The van der Waals surface area contributed by atoms with E-state index in [-0.39, 0.29) is 5.91 Å². The lowest BCUT2D eigenvalue weighted by molar-refractivity contribution is -0.128. The number of hydrazone groups is 1. The summed E-state index contributed by atoms with van der Waals surface area (Å²) in [5.74, 6) is 0.807. The van der Waals surface area contributed by atoms with Crippen LogP contribution in [-0.2, 0) is 4.79 Å². The number of benzene rings is 4. The maximum Gasteiger partial charge on any atom is 0.343 e. The van der Waals surface area contributed by atoms with Crippen LogP contribution in [-0.4, -0.2) is 31.3 Å². The topological polar surface area (TPSA) is 86.2 Å². The minimum Gasteiger partial charge on any atom is -0.497 e. The number of carbonyl (C=O) groups excluding carboxylic acids is 2. The zero-order valence-corrected chi connectivity index (χ0v) is 21.9. The average molecular weight is 561 g/mol. The minimum atomic E-state index is -0.714. The molecule has 0 saturated carbocycles. The summed E-state index contributed by atoms with van der Waals surface area (Å²) < 4.78 is 17.3. The molecule has 0 saturated heterocycles. The van der Waals surface area contributed by atoms with Gasteiger partial charge in [-0.2, -0.15) is 5.10 Å². The van der Waals surface area contributed by atoms with Crippen molar-refractivity contribution in [3.63, 3.8) is 0 Å². The van der Waals surface area contributed by atoms with Gasteiger partial charge in [0.2, 0.25) is 0 Å². The van der Waals surface area contributed by atoms with E-state index in [0.717, 1.165) is 20.8 Å². The normalized spacial score (nSPS) is 11.8. The monoisotopic (exact) mass is 560 g/mol. The number of nitrogens with one attached hydrogen (secondary N) is 1. The van der Waals surface area contributed by atoms with E-state index in [0.29, 0.717) is 29.2 Å². The zero-order valence-electron chi connectivity index (χ0n) is 20.3. The third-order valence-corrected chi connectivity index (χ3v) is 6.38. The number of hydrogen-bond donors (Lipinski definition) is 1. The fourth-order valence-corrected chi connectivity index (χ4v) is 4.12. The Morgan fingerprint density at radius 2 is 1.65 bits per heavy atom. The summed E-state index contributed by atoms with van der Waals surface area (Å²) in [5.41, 5.74) is 3.66. The Kier molecular flexibility index (Phi) is 8.53. The first-order chi connectivity index (χ1) is 18.0. The zero-order chi connectivity index (χ0) is 26.2. The van der Waals surface area contributed by atoms with Crippen molar-refractivity contribution in [2.75, 3.05) is 7.11 Å². The Morgan fingerprint density at radius 3 is 2.35 bits per heavy atom. The molecule has 4 rings (SSSR count). The molecular formula is C29H25BrN2O5. The molecule has 8 heteroatoms. The molecule has 0 radical (unpaired) electrons. The first-order valence-corrected chi connectivity index (χ1v) is 12.4. The summed E-state index contributed by atoms with van der Waals surface area (Å²) in [6.07, 6.45) is 1.26. The van der Waals surface area contributed by atoms with Gasteiger partial charge in [0.15, 0.2) is 6.10 Å². The van der Waals surface area contributed by atoms with Gasteiger partial charge in [0, 0.05) is 0 Å². The molecule has 188 valence electrons. The highest BCUT2D eigenvalue weighted by Gasteiger charge is 2.19. The molecule has 0 bridgehead atoms. The molecule has 1 atom stereocenters. The van der Waals surface area contributed by atoms with Crippen LogP contribution in [0, 0.1) is 0 Å². The first-order valence-electron chi connectivity index (χ1n) is 11.6. The molecule has 37 heavy (non-hydrogen) atoms.